The summed E-state index contributed by atoms with van der Waals surface area (Å²) in [5.41, 5.74) is 3.51. The van der Waals surface area contributed by atoms with E-state index in [4.69, 9.17) is 9.47 Å². The summed E-state index contributed by atoms with van der Waals surface area (Å²) in [6.07, 6.45) is 2.64. The maximum atomic E-state index is 5.53. The van der Waals surface area contributed by atoms with Gasteiger partial charge < -0.3 is 9.47 Å². The van der Waals surface area contributed by atoms with Crippen LogP contribution in [0, 0.1) is 0 Å². The number of hydrogen-bond acceptors (Lipinski definition) is 3. The van der Waals surface area contributed by atoms with Crippen LogP contribution in [0.25, 0.3) is 11.1 Å². The Bertz CT molecular complexity index is 611. The number of methoxy groups -OCH3 is 2. The van der Waals surface area contributed by atoms with Gasteiger partial charge in [-0.25, -0.2) is 0 Å². The van der Waals surface area contributed by atoms with Gasteiger partial charge in [0.15, 0.2) is 0 Å². The molecule has 3 heteroatoms. The molecule has 116 valence electrons. The normalized spacial score (nSPS) is 15.0. The lowest BCUT2D eigenvalue weighted by Gasteiger charge is -2.17. The molecule has 3 nitrogen and oxygen atoms in total. The number of ether oxygens (including phenoxy) is 2. The maximum absolute atomic E-state index is 5.53. The second-order valence-electron chi connectivity index (χ2n) is 5.72. The van der Waals surface area contributed by atoms with Crippen LogP contribution in [0.5, 0.6) is 11.5 Å². The molecule has 1 heterocycles. The topological polar surface area (TPSA) is 21.7 Å². The van der Waals surface area contributed by atoms with Crippen LogP contribution < -0.4 is 9.47 Å². The van der Waals surface area contributed by atoms with E-state index in [1.165, 1.54) is 31.5 Å². The predicted octanol–water partition coefficient (Wildman–Crippen LogP) is 3.97. The van der Waals surface area contributed by atoms with Crippen molar-refractivity contribution in [3.05, 3.63) is 48.0 Å². The van der Waals surface area contributed by atoms with Crippen LogP contribution in [0.1, 0.15) is 18.4 Å². The van der Waals surface area contributed by atoms with Crippen molar-refractivity contribution in [2.75, 3.05) is 27.3 Å². The smallest absolute Gasteiger partial charge is 0.130 e. The Morgan fingerprint density at radius 1 is 0.909 bits per heavy atom. The van der Waals surface area contributed by atoms with Gasteiger partial charge in [-0.05, 0) is 55.3 Å². The summed E-state index contributed by atoms with van der Waals surface area (Å²) < 4.78 is 11.1. The lowest BCUT2D eigenvalue weighted by molar-refractivity contribution is 0.331. The van der Waals surface area contributed by atoms with Gasteiger partial charge in [-0.3, -0.25) is 4.90 Å². The molecule has 0 amide bonds. The van der Waals surface area contributed by atoms with E-state index in [0.29, 0.717) is 0 Å². The third-order valence-electron chi connectivity index (χ3n) is 4.25. The van der Waals surface area contributed by atoms with E-state index in [1.54, 1.807) is 14.2 Å². The number of benzene rings is 2. The summed E-state index contributed by atoms with van der Waals surface area (Å²) >= 11 is 0. The number of hydrogen-bond donors (Lipinski definition) is 0. The highest BCUT2D eigenvalue weighted by atomic mass is 16.5. The highest BCUT2D eigenvalue weighted by Crippen LogP contribution is 2.38. The van der Waals surface area contributed by atoms with Gasteiger partial charge in [0.2, 0.25) is 0 Å². The van der Waals surface area contributed by atoms with E-state index in [0.717, 1.165) is 29.2 Å². The molecule has 2 aromatic carbocycles. The van der Waals surface area contributed by atoms with Gasteiger partial charge in [-0.2, -0.15) is 0 Å². The zero-order valence-electron chi connectivity index (χ0n) is 13.3. The Hall–Kier alpha value is -2.00. The Morgan fingerprint density at radius 2 is 1.55 bits per heavy atom. The third-order valence-corrected chi connectivity index (χ3v) is 4.25. The van der Waals surface area contributed by atoms with Crippen molar-refractivity contribution >= 4 is 0 Å². The van der Waals surface area contributed by atoms with Crippen LogP contribution in [0.4, 0.5) is 0 Å². The summed E-state index contributed by atoms with van der Waals surface area (Å²) in [7, 11) is 3.40. The van der Waals surface area contributed by atoms with E-state index in [2.05, 4.69) is 29.2 Å². The van der Waals surface area contributed by atoms with Gasteiger partial charge in [0.25, 0.3) is 0 Å². The van der Waals surface area contributed by atoms with Crippen molar-refractivity contribution in [1.82, 2.24) is 4.90 Å². The first-order valence-electron chi connectivity index (χ1n) is 7.84. The monoisotopic (exact) mass is 297 g/mol. The molecule has 22 heavy (non-hydrogen) atoms. The van der Waals surface area contributed by atoms with Crippen molar-refractivity contribution < 1.29 is 9.47 Å². The Balaban J connectivity index is 1.94. The van der Waals surface area contributed by atoms with Crippen LogP contribution in [-0.2, 0) is 6.54 Å². The summed E-state index contributed by atoms with van der Waals surface area (Å²) in [6.45, 7) is 3.44. The molecule has 0 aliphatic carbocycles. The second kappa shape index (κ2) is 6.84. The van der Waals surface area contributed by atoms with Gasteiger partial charge in [0.1, 0.15) is 11.5 Å². The molecule has 0 spiro atoms. The number of rotatable bonds is 5. The first-order valence-corrected chi connectivity index (χ1v) is 7.84. The van der Waals surface area contributed by atoms with Crippen molar-refractivity contribution in [1.29, 1.82) is 0 Å². The molecule has 2 aromatic rings. The summed E-state index contributed by atoms with van der Waals surface area (Å²) in [5.74, 6) is 1.69. The second-order valence-corrected chi connectivity index (χ2v) is 5.72. The standard InChI is InChI=1S/C19H23NO2/c1-21-17-9-6-10-18(22-2)19(17)16-8-5-7-15(13-16)14-20-11-3-4-12-20/h5-10,13H,3-4,11-12,14H2,1-2H3. The Labute approximate surface area is 132 Å². The first kappa shape index (κ1) is 14.9. The summed E-state index contributed by atoms with van der Waals surface area (Å²) in [4.78, 5) is 2.51. The molecule has 0 bridgehead atoms. The van der Waals surface area contributed by atoms with Crippen LogP contribution in [-0.4, -0.2) is 32.2 Å². The average molecular weight is 297 g/mol. The Kier molecular flexibility index (Phi) is 4.64. The largest absolute Gasteiger partial charge is 0.496 e. The van der Waals surface area contributed by atoms with E-state index in [1.807, 2.05) is 18.2 Å². The van der Waals surface area contributed by atoms with Gasteiger partial charge in [0.05, 0.1) is 19.8 Å². The molecule has 3 rings (SSSR count). The SMILES string of the molecule is COc1cccc(OC)c1-c1cccc(CN2CCCC2)c1. The average Bonchev–Trinajstić information content (AvgIpc) is 3.07. The van der Waals surface area contributed by atoms with E-state index >= 15 is 0 Å². The lowest BCUT2D eigenvalue weighted by atomic mass is 10.0. The van der Waals surface area contributed by atoms with Crippen molar-refractivity contribution in [3.8, 4) is 22.6 Å². The minimum absolute atomic E-state index is 0.845. The predicted molar refractivity (Wildman–Crippen MR) is 89.5 cm³/mol. The fourth-order valence-corrected chi connectivity index (χ4v) is 3.16. The van der Waals surface area contributed by atoms with Crippen LogP contribution in [0.2, 0.25) is 0 Å². The zero-order valence-corrected chi connectivity index (χ0v) is 13.3. The summed E-state index contributed by atoms with van der Waals surface area (Å²) in [5, 5.41) is 0. The van der Waals surface area contributed by atoms with Crippen molar-refractivity contribution in [2.45, 2.75) is 19.4 Å². The van der Waals surface area contributed by atoms with E-state index < -0.39 is 0 Å². The van der Waals surface area contributed by atoms with Crippen molar-refractivity contribution in [2.24, 2.45) is 0 Å². The van der Waals surface area contributed by atoms with Crippen molar-refractivity contribution in [3.63, 3.8) is 0 Å². The fraction of sp³-hybridized carbons (Fsp3) is 0.368. The quantitative estimate of drug-likeness (QED) is 0.833. The minimum atomic E-state index is 0.845. The first-order chi connectivity index (χ1) is 10.8. The molecule has 1 fully saturated rings. The fourth-order valence-electron chi connectivity index (χ4n) is 3.16. The molecule has 0 radical (unpaired) electrons. The molecule has 1 aliphatic rings. The number of nitrogens with zero attached hydrogens (tertiary/aromatic N) is 1. The van der Waals surface area contributed by atoms with Gasteiger partial charge in [0, 0.05) is 6.54 Å². The molecule has 0 N–H and O–H groups in total. The van der Waals surface area contributed by atoms with Crippen LogP contribution >= 0.6 is 0 Å². The summed E-state index contributed by atoms with van der Waals surface area (Å²) in [6, 6.07) is 14.6. The highest BCUT2D eigenvalue weighted by Gasteiger charge is 2.15. The molecule has 0 saturated carbocycles. The number of likely N-dealkylation sites (tertiary alicyclic amines) is 1. The highest BCUT2D eigenvalue weighted by molar-refractivity contribution is 5.77. The molecular weight excluding hydrogens is 274 g/mol. The van der Waals surface area contributed by atoms with Gasteiger partial charge in [-0.15, -0.1) is 0 Å². The van der Waals surface area contributed by atoms with Crippen LogP contribution in [0.15, 0.2) is 42.5 Å². The molecular formula is C19H23NO2. The molecule has 1 saturated heterocycles. The van der Waals surface area contributed by atoms with E-state index in [9.17, 15) is 0 Å². The van der Waals surface area contributed by atoms with Gasteiger partial charge >= 0.3 is 0 Å². The lowest BCUT2D eigenvalue weighted by Crippen LogP contribution is -2.18. The van der Waals surface area contributed by atoms with E-state index in [-0.39, 0.29) is 0 Å². The molecule has 0 unspecified atom stereocenters. The maximum Gasteiger partial charge on any atom is 0.130 e. The van der Waals surface area contributed by atoms with Crippen LogP contribution in [0.3, 0.4) is 0 Å². The zero-order chi connectivity index (χ0) is 15.4. The molecule has 0 aromatic heterocycles. The third kappa shape index (κ3) is 3.09. The minimum Gasteiger partial charge on any atom is -0.496 e. The Morgan fingerprint density at radius 3 is 2.18 bits per heavy atom. The molecule has 1 aliphatic heterocycles. The van der Waals surface area contributed by atoms with Gasteiger partial charge in [-0.1, -0.05) is 24.3 Å². The molecule has 0 atom stereocenters.